The largest absolute Gasteiger partial charge is 0.482 e. The van der Waals surface area contributed by atoms with Gasteiger partial charge in [0.2, 0.25) is 0 Å². The summed E-state index contributed by atoms with van der Waals surface area (Å²) in [6.45, 7) is 4.11. The Hall–Kier alpha value is -2.40. The van der Waals surface area contributed by atoms with Crippen molar-refractivity contribution in [2.24, 2.45) is 0 Å². The predicted octanol–water partition coefficient (Wildman–Crippen LogP) is 4.04. The Bertz CT molecular complexity index is 808. The number of hydrogen-bond donors (Lipinski definition) is 0. The van der Waals surface area contributed by atoms with Gasteiger partial charge in [0.15, 0.2) is 6.61 Å². The lowest BCUT2D eigenvalue weighted by Crippen LogP contribution is -2.14. The minimum atomic E-state index is -0.400. The lowest BCUT2D eigenvalue weighted by Gasteiger charge is -2.08. The maximum absolute atomic E-state index is 11.8. The van der Waals surface area contributed by atoms with Crippen LogP contribution in [0.1, 0.15) is 16.1 Å². The normalized spacial score (nSPS) is 10.7. The number of rotatable bonds is 5. The summed E-state index contributed by atoms with van der Waals surface area (Å²) in [6, 6.07) is 13.6. The highest BCUT2D eigenvalue weighted by Crippen LogP contribution is 2.22. The molecule has 0 aliphatic heterocycles. The van der Waals surface area contributed by atoms with Crippen molar-refractivity contribution in [1.82, 2.24) is 4.98 Å². The monoisotopic (exact) mass is 327 g/mol. The van der Waals surface area contributed by atoms with E-state index in [0.717, 1.165) is 20.8 Å². The molecule has 23 heavy (non-hydrogen) atoms. The fraction of sp³-hybridized carbons (Fsp3) is 0.222. The molecule has 2 aromatic carbocycles. The molecule has 0 bridgehead atoms. The summed E-state index contributed by atoms with van der Waals surface area (Å²) in [4.78, 5) is 16.2. The van der Waals surface area contributed by atoms with E-state index >= 15 is 0 Å². The van der Waals surface area contributed by atoms with E-state index in [1.165, 1.54) is 16.9 Å². The topological polar surface area (TPSA) is 48.4 Å². The number of esters is 1. The standard InChI is InChI=1S/C18H17NO3S/c1-12-7-8-14(9-13(12)2)21-11-18(20)22-10-17-19-15-5-3-4-6-16(15)23-17/h3-9H,10-11H2,1-2H3. The van der Waals surface area contributed by atoms with Crippen molar-refractivity contribution in [1.29, 1.82) is 0 Å². The maximum atomic E-state index is 11.8. The number of carbonyl (C=O) groups excluding carboxylic acids is 1. The summed E-state index contributed by atoms with van der Waals surface area (Å²) < 4.78 is 11.8. The van der Waals surface area contributed by atoms with Crippen molar-refractivity contribution in [3.8, 4) is 5.75 Å². The van der Waals surface area contributed by atoms with E-state index in [1.54, 1.807) is 0 Å². The molecule has 1 aromatic heterocycles. The molecule has 0 amide bonds. The summed E-state index contributed by atoms with van der Waals surface area (Å²) in [6.07, 6.45) is 0. The summed E-state index contributed by atoms with van der Waals surface area (Å²) in [5.74, 6) is 0.271. The number of fused-ring (bicyclic) bond motifs is 1. The molecule has 0 atom stereocenters. The van der Waals surface area contributed by atoms with Crippen LogP contribution in [0.3, 0.4) is 0 Å². The minimum absolute atomic E-state index is 0.104. The molecule has 1 heterocycles. The van der Waals surface area contributed by atoms with Crippen LogP contribution in [0.2, 0.25) is 0 Å². The molecular weight excluding hydrogens is 310 g/mol. The van der Waals surface area contributed by atoms with Gasteiger partial charge in [-0.25, -0.2) is 9.78 Å². The molecule has 0 radical (unpaired) electrons. The summed E-state index contributed by atoms with van der Waals surface area (Å²) >= 11 is 1.53. The Morgan fingerprint density at radius 3 is 2.74 bits per heavy atom. The van der Waals surface area contributed by atoms with Gasteiger partial charge in [-0.05, 0) is 49.2 Å². The van der Waals surface area contributed by atoms with E-state index in [2.05, 4.69) is 4.98 Å². The van der Waals surface area contributed by atoms with Crippen molar-refractivity contribution in [2.45, 2.75) is 20.5 Å². The van der Waals surface area contributed by atoms with Gasteiger partial charge < -0.3 is 9.47 Å². The van der Waals surface area contributed by atoms with E-state index in [-0.39, 0.29) is 13.2 Å². The number of para-hydroxylation sites is 1. The number of hydrogen-bond acceptors (Lipinski definition) is 5. The molecule has 0 aliphatic rings. The van der Waals surface area contributed by atoms with Crippen LogP contribution in [0.25, 0.3) is 10.2 Å². The lowest BCUT2D eigenvalue weighted by molar-refractivity contribution is -0.147. The number of aromatic nitrogens is 1. The smallest absolute Gasteiger partial charge is 0.344 e. The first-order valence-corrected chi connectivity index (χ1v) is 8.13. The van der Waals surface area contributed by atoms with Crippen LogP contribution in [0.15, 0.2) is 42.5 Å². The van der Waals surface area contributed by atoms with Crippen molar-refractivity contribution < 1.29 is 14.3 Å². The van der Waals surface area contributed by atoms with Gasteiger partial charge in [0.25, 0.3) is 0 Å². The van der Waals surface area contributed by atoms with Crippen LogP contribution in [0.5, 0.6) is 5.75 Å². The van der Waals surface area contributed by atoms with Crippen LogP contribution >= 0.6 is 11.3 Å². The van der Waals surface area contributed by atoms with Gasteiger partial charge in [-0.2, -0.15) is 0 Å². The van der Waals surface area contributed by atoms with Crippen LogP contribution < -0.4 is 4.74 Å². The van der Waals surface area contributed by atoms with Crippen molar-refractivity contribution in [3.63, 3.8) is 0 Å². The van der Waals surface area contributed by atoms with Gasteiger partial charge in [0.1, 0.15) is 17.4 Å². The van der Waals surface area contributed by atoms with Crippen molar-refractivity contribution >= 4 is 27.5 Å². The van der Waals surface area contributed by atoms with Gasteiger partial charge in [-0.3, -0.25) is 0 Å². The van der Waals surface area contributed by atoms with E-state index < -0.39 is 5.97 Å². The SMILES string of the molecule is Cc1ccc(OCC(=O)OCc2nc3ccccc3s2)cc1C. The fourth-order valence-electron chi connectivity index (χ4n) is 2.11. The molecule has 0 unspecified atom stereocenters. The molecule has 0 spiro atoms. The number of aryl methyl sites for hydroxylation is 2. The average molecular weight is 327 g/mol. The molecule has 0 saturated carbocycles. The van der Waals surface area contributed by atoms with Crippen LogP contribution in [0.4, 0.5) is 0 Å². The van der Waals surface area contributed by atoms with Gasteiger partial charge in [-0.15, -0.1) is 11.3 Å². The van der Waals surface area contributed by atoms with Crippen LogP contribution in [-0.2, 0) is 16.1 Å². The molecule has 118 valence electrons. The second-order valence-corrected chi connectivity index (χ2v) is 6.39. The minimum Gasteiger partial charge on any atom is -0.482 e. The third-order valence-electron chi connectivity index (χ3n) is 3.53. The highest BCUT2D eigenvalue weighted by molar-refractivity contribution is 7.18. The van der Waals surface area contributed by atoms with E-state index in [1.807, 2.05) is 56.3 Å². The van der Waals surface area contributed by atoms with E-state index in [4.69, 9.17) is 9.47 Å². The lowest BCUT2D eigenvalue weighted by atomic mass is 10.1. The Morgan fingerprint density at radius 2 is 1.96 bits per heavy atom. The van der Waals surface area contributed by atoms with Gasteiger partial charge in [0, 0.05) is 0 Å². The fourth-order valence-corrected chi connectivity index (χ4v) is 2.99. The Balaban J connectivity index is 1.52. The highest BCUT2D eigenvalue weighted by Gasteiger charge is 2.08. The Kier molecular flexibility index (Phi) is 4.57. The molecular formula is C18H17NO3S. The number of thiazole rings is 1. The zero-order chi connectivity index (χ0) is 16.2. The number of ether oxygens (including phenoxy) is 2. The number of benzene rings is 2. The van der Waals surface area contributed by atoms with Crippen LogP contribution in [0, 0.1) is 13.8 Å². The molecule has 0 fully saturated rings. The molecule has 0 aliphatic carbocycles. The molecule has 3 aromatic rings. The maximum Gasteiger partial charge on any atom is 0.344 e. The number of nitrogens with zero attached hydrogens (tertiary/aromatic N) is 1. The first-order chi connectivity index (χ1) is 11.1. The van der Waals surface area contributed by atoms with Crippen molar-refractivity contribution in [2.75, 3.05) is 6.61 Å². The molecule has 4 nitrogen and oxygen atoms in total. The van der Waals surface area contributed by atoms with Gasteiger partial charge in [-0.1, -0.05) is 18.2 Å². The summed E-state index contributed by atoms with van der Waals surface area (Å²) in [5, 5.41) is 0.783. The third-order valence-corrected chi connectivity index (χ3v) is 4.54. The van der Waals surface area contributed by atoms with Crippen LogP contribution in [-0.4, -0.2) is 17.6 Å². The highest BCUT2D eigenvalue weighted by atomic mass is 32.1. The molecule has 3 rings (SSSR count). The second kappa shape index (κ2) is 6.79. The predicted molar refractivity (Wildman–Crippen MR) is 90.8 cm³/mol. The Labute approximate surface area is 138 Å². The second-order valence-electron chi connectivity index (χ2n) is 5.27. The molecule has 0 N–H and O–H groups in total. The summed E-state index contributed by atoms with van der Waals surface area (Å²) in [5.41, 5.74) is 3.25. The quantitative estimate of drug-likeness (QED) is 0.664. The molecule has 0 saturated heterocycles. The zero-order valence-electron chi connectivity index (χ0n) is 13.0. The van der Waals surface area contributed by atoms with Gasteiger partial charge >= 0.3 is 5.97 Å². The van der Waals surface area contributed by atoms with Crippen molar-refractivity contribution in [3.05, 3.63) is 58.6 Å². The Morgan fingerprint density at radius 1 is 1.13 bits per heavy atom. The molecule has 5 heteroatoms. The first-order valence-electron chi connectivity index (χ1n) is 7.32. The average Bonchev–Trinajstić information content (AvgIpc) is 2.97. The van der Waals surface area contributed by atoms with E-state index in [0.29, 0.717) is 5.75 Å². The first kappa shape index (κ1) is 15.5. The zero-order valence-corrected chi connectivity index (χ0v) is 13.9. The third kappa shape index (κ3) is 3.87. The van der Waals surface area contributed by atoms with E-state index in [9.17, 15) is 4.79 Å². The number of carbonyl (C=O) groups is 1. The van der Waals surface area contributed by atoms with Gasteiger partial charge in [0.05, 0.1) is 10.2 Å². The summed E-state index contributed by atoms with van der Waals surface area (Å²) in [7, 11) is 0.